The number of ether oxygens (including phenoxy) is 1. The molecule has 5 heteroatoms. The minimum Gasteiger partial charge on any atom is -0.508 e. The maximum Gasteiger partial charge on any atom is 0.253 e. The van der Waals surface area contributed by atoms with E-state index in [1.54, 1.807) is 24.4 Å². The minimum absolute atomic E-state index is 0.00916. The topological polar surface area (TPSA) is 62.7 Å². The van der Waals surface area contributed by atoms with Crippen LogP contribution < -0.4 is 4.74 Å². The maximum atomic E-state index is 12.6. The number of phenolic OH excluding ortho intramolecular Hbond substituents is 1. The van der Waals surface area contributed by atoms with Gasteiger partial charge in [0.25, 0.3) is 5.91 Å². The lowest BCUT2D eigenvalue weighted by atomic mass is 9.90. The summed E-state index contributed by atoms with van der Waals surface area (Å²) in [5.41, 5.74) is 1.78. The summed E-state index contributed by atoms with van der Waals surface area (Å²) in [5, 5.41) is 9.60. The highest BCUT2D eigenvalue weighted by Gasteiger charge is 2.24. The molecule has 0 bridgehead atoms. The number of aromatic hydroxyl groups is 1. The third-order valence-electron chi connectivity index (χ3n) is 5.28. The fourth-order valence-corrected chi connectivity index (χ4v) is 3.76. The minimum atomic E-state index is -0.00916. The Labute approximate surface area is 170 Å². The van der Waals surface area contributed by atoms with Crippen molar-refractivity contribution in [1.29, 1.82) is 0 Å². The van der Waals surface area contributed by atoms with E-state index in [9.17, 15) is 9.90 Å². The van der Waals surface area contributed by atoms with Gasteiger partial charge in [0.1, 0.15) is 11.5 Å². The van der Waals surface area contributed by atoms with Crippen molar-refractivity contribution < 1.29 is 14.6 Å². The number of amides is 1. The molecule has 0 aliphatic carbocycles. The van der Waals surface area contributed by atoms with Crippen molar-refractivity contribution in [2.24, 2.45) is 5.92 Å². The monoisotopic (exact) mass is 388 g/mol. The van der Waals surface area contributed by atoms with Crippen molar-refractivity contribution in [2.45, 2.75) is 19.3 Å². The first-order chi connectivity index (χ1) is 14.2. The lowest BCUT2D eigenvalue weighted by Crippen LogP contribution is -2.38. The van der Waals surface area contributed by atoms with Crippen LogP contribution in [0.4, 0.5) is 0 Å². The second kappa shape index (κ2) is 8.78. The van der Waals surface area contributed by atoms with Gasteiger partial charge in [-0.15, -0.1) is 0 Å². The molecule has 0 spiro atoms. The van der Waals surface area contributed by atoms with Gasteiger partial charge in [-0.2, -0.15) is 0 Å². The SMILES string of the molecule is O=C(c1cccc(O)c1)N1CCC(Cc2cccc(Oc3ccccn3)c2)CC1. The zero-order valence-corrected chi connectivity index (χ0v) is 16.2. The molecule has 1 aliphatic heterocycles. The molecule has 5 nitrogen and oxygen atoms in total. The number of hydrogen-bond donors (Lipinski definition) is 1. The summed E-state index contributed by atoms with van der Waals surface area (Å²) in [6.07, 6.45) is 4.62. The van der Waals surface area contributed by atoms with Crippen LogP contribution in [0.5, 0.6) is 17.4 Å². The first kappa shape index (κ1) is 19.0. The zero-order valence-electron chi connectivity index (χ0n) is 16.2. The number of hydrogen-bond acceptors (Lipinski definition) is 4. The molecule has 1 amide bonds. The quantitative estimate of drug-likeness (QED) is 0.690. The van der Waals surface area contributed by atoms with Crippen molar-refractivity contribution in [1.82, 2.24) is 9.88 Å². The van der Waals surface area contributed by atoms with Gasteiger partial charge in [-0.1, -0.05) is 24.3 Å². The zero-order chi connectivity index (χ0) is 20.1. The molecule has 1 N–H and O–H groups in total. The Kier molecular flexibility index (Phi) is 5.75. The first-order valence-corrected chi connectivity index (χ1v) is 9.93. The van der Waals surface area contributed by atoms with Crippen LogP contribution in [0.2, 0.25) is 0 Å². The van der Waals surface area contributed by atoms with E-state index in [0.717, 1.165) is 38.1 Å². The van der Waals surface area contributed by atoms with Crippen molar-refractivity contribution in [2.75, 3.05) is 13.1 Å². The first-order valence-electron chi connectivity index (χ1n) is 9.93. The number of carbonyl (C=O) groups is 1. The molecule has 4 rings (SSSR count). The molecule has 1 fully saturated rings. The van der Waals surface area contributed by atoms with E-state index in [0.29, 0.717) is 17.4 Å². The molecule has 2 aromatic carbocycles. The van der Waals surface area contributed by atoms with Gasteiger partial charge in [0.2, 0.25) is 5.88 Å². The highest BCUT2D eigenvalue weighted by atomic mass is 16.5. The number of pyridine rings is 1. The van der Waals surface area contributed by atoms with Gasteiger partial charge >= 0.3 is 0 Å². The van der Waals surface area contributed by atoms with Crippen LogP contribution in [0.1, 0.15) is 28.8 Å². The Hall–Kier alpha value is -3.34. The largest absolute Gasteiger partial charge is 0.508 e. The number of rotatable bonds is 5. The Morgan fingerprint density at radius 3 is 2.62 bits per heavy atom. The summed E-state index contributed by atoms with van der Waals surface area (Å²) in [6.45, 7) is 1.48. The van der Waals surface area contributed by atoms with Gasteiger partial charge in [0.05, 0.1) is 0 Å². The Balaban J connectivity index is 1.33. The van der Waals surface area contributed by atoms with Gasteiger partial charge in [-0.25, -0.2) is 4.98 Å². The van der Waals surface area contributed by atoms with Crippen LogP contribution in [0.15, 0.2) is 72.9 Å². The van der Waals surface area contributed by atoms with Crippen LogP contribution in [-0.4, -0.2) is 34.0 Å². The number of aromatic nitrogens is 1. The molecule has 0 atom stereocenters. The molecule has 0 unspecified atom stereocenters. The third kappa shape index (κ3) is 4.93. The molecule has 1 saturated heterocycles. The van der Waals surface area contributed by atoms with Crippen molar-refractivity contribution >= 4 is 5.91 Å². The van der Waals surface area contributed by atoms with Crippen molar-refractivity contribution in [3.8, 4) is 17.4 Å². The summed E-state index contributed by atoms with van der Waals surface area (Å²) in [7, 11) is 0. The highest BCUT2D eigenvalue weighted by molar-refractivity contribution is 5.94. The second-order valence-electron chi connectivity index (χ2n) is 7.41. The van der Waals surface area contributed by atoms with Crippen LogP contribution in [0.3, 0.4) is 0 Å². The van der Waals surface area contributed by atoms with E-state index >= 15 is 0 Å². The lowest BCUT2D eigenvalue weighted by molar-refractivity contribution is 0.0690. The Morgan fingerprint density at radius 1 is 1.03 bits per heavy atom. The van der Waals surface area contributed by atoms with Crippen LogP contribution in [-0.2, 0) is 6.42 Å². The van der Waals surface area contributed by atoms with Gasteiger partial charge in [0.15, 0.2) is 0 Å². The van der Waals surface area contributed by atoms with Gasteiger partial charge in [0, 0.05) is 30.9 Å². The Morgan fingerprint density at radius 2 is 1.86 bits per heavy atom. The smallest absolute Gasteiger partial charge is 0.253 e. The van der Waals surface area contributed by atoms with Crippen LogP contribution >= 0.6 is 0 Å². The number of carbonyl (C=O) groups excluding carboxylic acids is 1. The Bertz CT molecular complexity index is 967. The fraction of sp³-hybridized carbons (Fsp3) is 0.250. The molecule has 0 saturated carbocycles. The summed E-state index contributed by atoms with van der Waals surface area (Å²) >= 11 is 0. The maximum absolute atomic E-state index is 12.6. The van der Waals surface area contributed by atoms with Gasteiger partial charge in [-0.05, 0) is 67.1 Å². The van der Waals surface area contributed by atoms with E-state index in [2.05, 4.69) is 17.1 Å². The summed E-state index contributed by atoms with van der Waals surface area (Å²) in [5.74, 6) is 2.03. The average molecular weight is 388 g/mol. The van der Waals surface area contributed by atoms with E-state index in [-0.39, 0.29) is 11.7 Å². The number of piperidine rings is 1. The summed E-state index contributed by atoms with van der Waals surface area (Å²) in [6, 6.07) is 20.3. The highest BCUT2D eigenvalue weighted by Crippen LogP contribution is 2.26. The van der Waals surface area contributed by atoms with Crippen molar-refractivity contribution in [3.05, 3.63) is 84.1 Å². The van der Waals surface area contributed by atoms with E-state index in [1.807, 2.05) is 35.2 Å². The van der Waals surface area contributed by atoms with Crippen LogP contribution in [0, 0.1) is 5.92 Å². The average Bonchev–Trinajstić information content (AvgIpc) is 2.75. The molecule has 3 aromatic rings. The number of benzene rings is 2. The molecular formula is C24H24N2O3. The third-order valence-corrected chi connectivity index (χ3v) is 5.28. The second-order valence-corrected chi connectivity index (χ2v) is 7.41. The molecular weight excluding hydrogens is 364 g/mol. The fourth-order valence-electron chi connectivity index (χ4n) is 3.76. The predicted octanol–water partition coefficient (Wildman–Crippen LogP) is 4.67. The number of likely N-dealkylation sites (tertiary alicyclic amines) is 1. The normalized spacial score (nSPS) is 14.6. The van der Waals surface area contributed by atoms with E-state index in [1.165, 1.54) is 11.6 Å². The lowest BCUT2D eigenvalue weighted by Gasteiger charge is -2.32. The van der Waals surface area contributed by atoms with Crippen LogP contribution in [0.25, 0.3) is 0 Å². The molecule has 2 heterocycles. The number of nitrogens with zero attached hydrogens (tertiary/aromatic N) is 2. The molecule has 0 radical (unpaired) electrons. The standard InChI is InChI=1S/C24H24N2O3/c27-21-7-4-6-20(17-21)24(28)26-13-10-18(11-14-26)15-19-5-3-8-22(16-19)29-23-9-1-2-12-25-23/h1-9,12,16-18,27H,10-11,13-15H2. The predicted molar refractivity (Wildman–Crippen MR) is 111 cm³/mol. The number of phenols is 1. The van der Waals surface area contributed by atoms with Crippen molar-refractivity contribution in [3.63, 3.8) is 0 Å². The van der Waals surface area contributed by atoms with E-state index < -0.39 is 0 Å². The van der Waals surface area contributed by atoms with Gasteiger partial charge < -0.3 is 14.7 Å². The van der Waals surface area contributed by atoms with Gasteiger partial charge in [-0.3, -0.25) is 4.79 Å². The molecule has 1 aliphatic rings. The summed E-state index contributed by atoms with van der Waals surface area (Å²) in [4.78, 5) is 18.7. The molecule has 29 heavy (non-hydrogen) atoms. The molecule has 148 valence electrons. The summed E-state index contributed by atoms with van der Waals surface area (Å²) < 4.78 is 5.83. The molecule has 1 aromatic heterocycles. The van der Waals surface area contributed by atoms with E-state index in [4.69, 9.17) is 4.74 Å².